The molecule has 1 aromatic rings. The molecular weight excluding hydrogens is 219 g/mol. The zero-order valence-electron chi connectivity index (χ0n) is 7.39. The van der Waals surface area contributed by atoms with Crippen LogP contribution in [0, 0.1) is 11.8 Å². The van der Waals surface area contributed by atoms with Crippen LogP contribution in [0.2, 0.25) is 5.02 Å². The van der Waals surface area contributed by atoms with Crippen LogP contribution in [0.4, 0.5) is 0 Å². The van der Waals surface area contributed by atoms with E-state index in [1.807, 2.05) is 0 Å². The van der Waals surface area contributed by atoms with Gasteiger partial charge in [0.25, 0.3) is 0 Å². The number of halogens is 2. The highest BCUT2D eigenvalue weighted by Crippen LogP contribution is 2.13. The highest BCUT2D eigenvalue weighted by atomic mass is 35.5. The average Bonchev–Trinajstić information content (AvgIpc) is 2.20. The fourth-order valence-electron chi connectivity index (χ4n) is 0.950. The number of benzene rings is 1. The Hall–Kier alpha value is -0.970. The Morgan fingerprint density at radius 1 is 1.43 bits per heavy atom. The Balaban J connectivity index is 2.98. The van der Waals surface area contributed by atoms with Gasteiger partial charge < -0.3 is 0 Å². The van der Waals surface area contributed by atoms with Crippen LogP contribution in [-0.2, 0) is 0 Å². The minimum Gasteiger partial charge on any atom is -0.298 e. The maximum Gasteiger partial charge on any atom is 0.151 e. The summed E-state index contributed by atoms with van der Waals surface area (Å²) in [5.41, 5.74) is 1.20. The Labute approximate surface area is 93.0 Å². The third kappa shape index (κ3) is 3.06. The van der Waals surface area contributed by atoms with E-state index in [9.17, 15) is 4.79 Å². The first-order valence-corrected chi connectivity index (χ1v) is 4.98. The zero-order valence-corrected chi connectivity index (χ0v) is 8.90. The van der Waals surface area contributed by atoms with Gasteiger partial charge in [-0.15, -0.1) is 11.6 Å². The monoisotopic (exact) mass is 226 g/mol. The molecule has 1 rings (SSSR count). The maximum absolute atomic E-state index is 10.7. The van der Waals surface area contributed by atoms with Gasteiger partial charge in [0, 0.05) is 28.5 Å². The molecule has 0 saturated heterocycles. The van der Waals surface area contributed by atoms with E-state index in [0.29, 0.717) is 28.5 Å². The summed E-state index contributed by atoms with van der Waals surface area (Å²) in [5, 5.41) is 0.537. The molecule has 72 valence electrons. The molecule has 0 bridgehead atoms. The molecule has 1 nitrogen and oxygen atoms in total. The van der Waals surface area contributed by atoms with Crippen LogP contribution >= 0.6 is 23.2 Å². The molecule has 14 heavy (non-hydrogen) atoms. The largest absolute Gasteiger partial charge is 0.298 e. The standard InChI is InChI=1S/C11H8Cl2O/c12-6-2-1-3-9-4-5-11(13)7-10(9)8-14/h4-5,7-8H,2,6H2. The van der Waals surface area contributed by atoms with E-state index in [1.165, 1.54) is 0 Å². The molecule has 1 aromatic carbocycles. The van der Waals surface area contributed by atoms with Gasteiger partial charge in [0.1, 0.15) is 0 Å². The van der Waals surface area contributed by atoms with Crippen LogP contribution in [0.5, 0.6) is 0 Å². The molecule has 0 aliphatic rings. The number of carbonyl (C=O) groups is 1. The number of hydrogen-bond acceptors (Lipinski definition) is 1. The highest BCUT2D eigenvalue weighted by molar-refractivity contribution is 6.30. The quantitative estimate of drug-likeness (QED) is 0.431. The van der Waals surface area contributed by atoms with Crippen molar-refractivity contribution >= 4 is 29.5 Å². The smallest absolute Gasteiger partial charge is 0.151 e. The summed E-state index contributed by atoms with van der Waals surface area (Å²) in [4.78, 5) is 10.7. The van der Waals surface area contributed by atoms with Crippen molar-refractivity contribution in [2.24, 2.45) is 0 Å². The average molecular weight is 227 g/mol. The van der Waals surface area contributed by atoms with Gasteiger partial charge in [0.05, 0.1) is 0 Å². The molecule has 0 atom stereocenters. The molecule has 0 radical (unpaired) electrons. The predicted molar refractivity (Wildman–Crippen MR) is 59.1 cm³/mol. The normalized spacial score (nSPS) is 9.00. The first-order chi connectivity index (χ1) is 6.77. The van der Waals surface area contributed by atoms with Gasteiger partial charge in [-0.25, -0.2) is 0 Å². The fraction of sp³-hybridized carbons (Fsp3) is 0.182. The lowest BCUT2D eigenvalue weighted by atomic mass is 10.1. The van der Waals surface area contributed by atoms with Gasteiger partial charge >= 0.3 is 0 Å². The van der Waals surface area contributed by atoms with Crippen molar-refractivity contribution in [3.05, 3.63) is 34.3 Å². The van der Waals surface area contributed by atoms with Gasteiger partial charge in [-0.1, -0.05) is 23.4 Å². The number of alkyl halides is 1. The fourth-order valence-corrected chi connectivity index (χ4v) is 1.22. The lowest BCUT2D eigenvalue weighted by Crippen LogP contribution is -1.86. The number of hydrogen-bond donors (Lipinski definition) is 0. The van der Waals surface area contributed by atoms with E-state index in [4.69, 9.17) is 23.2 Å². The van der Waals surface area contributed by atoms with Crippen LogP contribution in [0.1, 0.15) is 22.3 Å². The Kier molecular flexibility index (Phi) is 4.52. The zero-order chi connectivity index (χ0) is 10.4. The van der Waals surface area contributed by atoms with E-state index in [1.54, 1.807) is 18.2 Å². The molecule has 0 aliphatic carbocycles. The Bertz CT molecular complexity index is 388. The molecular formula is C11H8Cl2O. The minimum atomic E-state index is 0.497. The molecule has 0 heterocycles. The van der Waals surface area contributed by atoms with E-state index in [0.717, 1.165) is 6.29 Å². The van der Waals surface area contributed by atoms with Crippen molar-refractivity contribution in [2.45, 2.75) is 6.42 Å². The Morgan fingerprint density at radius 3 is 2.86 bits per heavy atom. The summed E-state index contributed by atoms with van der Waals surface area (Å²) in [5.74, 6) is 6.23. The molecule has 0 unspecified atom stereocenters. The van der Waals surface area contributed by atoms with Crippen LogP contribution in [0.3, 0.4) is 0 Å². The van der Waals surface area contributed by atoms with Gasteiger partial charge in [-0.3, -0.25) is 4.79 Å². The second kappa shape index (κ2) is 5.70. The second-order valence-electron chi connectivity index (χ2n) is 2.59. The molecule has 0 spiro atoms. The molecule has 0 amide bonds. The topological polar surface area (TPSA) is 17.1 Å². The molecule has 0 N–H and O–H groups in total. The molecule has 0 aromatic heterocycles. The van der Waals surface area contributed by atoms with Crippen LogP contribution in [0.25, 0.3) is 0 Å². The van der Waals surface area contributed by atoms with Gasteiger partial charge in [-0.2, -0.15) is 0 Å². The third-order valence-electron chi connectivity index (χ3n) is 1.58. The third-order valence-corrected chi connectivity index (χ3v) is 2.01. The van der Waals surface area contributed by atoms with Crippen molar-refractivity contribution in [2.75, 3.05) is 5.88 Å². The number of carbonyl (C=O) groups excluding carboxylic acids is 1. The van der Waals surface area contributed by atoms with Crippen molar-refractivity contribution in [3.8, 4) is 11.8 Å². The molecule has 0 saturated carbocycles. The SMILES string of the molecule is O=Cc1cc(Cl)ccc1C#CCCCl. The molecule has 3 heteroatoms. The summed E-state index contributed by atoms with van der Waals surface area (Å²) >= 11 is 11.2. The lowest BCUT2D eigenvalue weighted by Gasteiger charge is -1.96. The van der Waals surface area contributed by atoms with E-state index < -0.39 is 0 Å². The van der Waals surface area contributed by atoms with Crippen LogP contribution < -0.4 is 0 Å². The van der Waals surface area contributed by atoms with E-state index >= 15 is 0 Å². The maximum atomic E-state index is 10.7. The van der Waals surface area contributed by atoms with Crippen molar-refractivity contribution < 1.29 is 4.79 Å². The summed E-state index contributed by atoms with van der Waals surface area (Å²) < 4.78 is 0. The van der Waals surface area contributed by atoms with Crippen LogP contribution in [0.15, 0.2) is 18.2 Å². The minimum absolute atomic E-state index is 0.497. The summed E-state index contributed by atoms with van der Waals surface area (Å²) in [6, 6.07) is 5.03. The second-order valence-corrected chi connectivity index (χ2v) is 3.40. The number of aldehydes is 1. The summed E-state index contributed by atoms with van der Waals surface area (Å²) in [6.45, 7) is 0. The van der Waals surface area contributed by atoms with Crippen molar-refractivity contribution in [1.29, 1.82) is 0 Å². The first kappa shape index (κ1) is 11.1. The molecule has 0 fully saturated rings. The van der Waals surface area contributed by atoms with Gasteiger partial charge in [-0.05, 0) is 18.2 Å². The predicted octanol–water partition coefficient (Wildman–Crippen LogP) is 3.13. The Morgan fingerprint density at radius 2 is 2.21 bits per heavy atom. The highest BCUT2D eigenvalue weighted by Gasteiger charge is 1.98. The molecule has 0 aliphatic heterocycles. The van der Waals surface area contributed by atoms with Gasteiger partial charge in [0.2, 0.25) is 0 Å². The number of rotatable bonds is 2. The van der Waals surface area contributed by atoms with Crippen molar-refractivity contribution in [1.82, 2.24) is 0 Å². The van der Waals surface area contributed by atoms with E-state index in [2.05, 4.69) is 11.8 Å². The van der Waals surface area contributed by atoms with Gasteiger partial charge in [0.15, 0.2) is 6.29 Å². The van der Waals surface area contributed by atoms with Crippen molar-refractivity contribution in [3.63, 3.8) is 0 Å². The first-order valence-electron chi connectivity index (χ1n) is 4.07. The van der Waals surface area contributed by atoms with E-state index in [-0.39, 0.29) is 0 Å². The summed E-state index contributed by atoms with van der Waals surface area (Å²) in [6.07, 6.45) is 1.36. The van der Waals surface area contributed by atoms with Crippen LogP contribution in [-0.4, -0.2) is 12.2 Å². The summed E-state index contributed by atoms with van der Waals surface area (Å²) in [7, 11) is 0. The lowest BCUT2D eigenvalue weighted by molar-refractivity contribution is 0.112.